The second kappa shape index (κ2) is 8.84. The summed E-state index contributed by atoms with van der Waals surface area (Å²) < 4.78 is 46.9. The lowest BCUT2D eigenvalue weighted by Gasteiger charge is -2.24. The van der Waals surface area contributed by atoms with Crippen LogP contribution in [0.15, 0.2) is 0 Å². The van der Waals surface area contributed by atoms with E-state index in [0.29, 0.717) is 0 Å². The highest BCUT2D eigenvalue weighted by Gasteiger charge is 2.48. The first-order valence-corrected chi connectivity index (χ1v) is 10.8. The molecular formula is C11H21BO13P2. The van der Waals surface area contributed by atoms with Crippen molar-refractivity contribution in [2.24, 2.45) is 0 Å². The van der Waals surface area contributed by atoms with Crippen LogP contribution in [0.25, 0.3) is 0 Å². The summed E-state index contributed by atoms with van der Waals surface area (Å²) in [5.41, 5.74) is 0. The van der Waals surface area contributed by atoms with E-state index in [1.54, 1.807) is 0 Å². The van der Waals surface area contributed by atoms with Crippen molar-refractivity contribution >= 4 is 23.5 Å². The molecule has 27 heavy (non-hydrogen) atoms. The second-order valence-electron chi connectivity index (χ2n) is 6.11. The summed E-state index contributed by atoms with van der Waals surface area (Å²) in [4.78, 5) is 27.3. The van der Waals surface area contributed by atoms with Gasteiger partial charge in [-0.25, -0.2) is 9.13 Å². The molecule has 2 radical (unpaired) electrons. The van der Waals surface area contributed by atoms with Gasteiger partial charge < -0.3 is 39.5 Å². The molecule has 2 aliphatic heterocycles. The number of aliphatic hydroxyl groups is 3. The zero-order chi connectivity index (χ0) is 20.6. The molecule has 0 aliphatic carbocycles. The van der Waals surface area contributed by atoms with Crippen LogP contribution in [0.4, 0.5) is 0 Å². The fourth-order valence-corrected chi connectivity index (χ4v) is 3.93. The van der Waals surface area contributed by atoms with Gasteiger partial charge in [0, 0.05) is 6.00 Å². The molecule has 9 atom stereocenters. The lowest BCUT2D eigenvalue weighted by atomic mass is 9.93. The van der Waals surface area contributed by atoms with Gasteiger partial charge in [0.2, 0.25) is 0 Å². The maximum absolute atomic E-state index is 12.1. The third-order valence-corrected chi connectivity index (χ3v) is 5.51. The molecule has 0 saturated carbocycles. The highest BCUT2D eigenvalue weighted by atomic mass is 31.2. The van der Waals surface area contributed by atoms with Gasteiger partial charge in [-0.15, -0.1) is 0 Å². The SMILES string of the molecule is [B][C@@H]1O[C@H](COP(=O)(O)O[C@@H]2C(O)[C@H](C)O[C@@H]2COP(=O)(O)O)[C@H](O)C1O. The summed E-state index contributed by atoms with van der Waals surface area (Å²) >= 11 is 0. The largest absolute Gasteiger partial charge is 0.472 e. The fourth-order valence-electron chi connectivity index (χ4n) is 2.62. The predicted molar refractivity (Wildman–Crippen MR) is 85.4 cm³/mol. The van der Waals surface area contributed by atoms with Gasteiger partial charge in [-0.05, 0) is 6.92 Å². The van der Waals surface area contributed by atoms with Crippen LogP contribution in [0.3, 0.4) is 0 Å². The monoisotopic (exact) mass is 434 g/mol. The van der Waals surface area contributed by atoms with E-state index in [1.165, 1.54) is 6.92 Å². The molecule has 6 N–H and O–H groups in total. The van der Waals surface area contributed by atoms with Gasteiger partial charge in [-0.3, -0.25) is 13.6 Å². The highest BCUT2D eigenvalue weighted by molar-refractivity contribution is 7.47. The van der Waals surface area contributed by atoms with E-state index in [2.05, 4.69) is 4.52 Å². The summed E-state index contributed by atoms with van der Waals surface area (Å²) in [6, 6.07) is -1.20. The summed E-state index contributed by atoms with van der Waals surface area (Å²) in [6.07, 6.45) is -9.12. The normalized spacial score (nSPS) is 42.3. The maximum Gasteiger partial charge on any atom is 0.472 e. The number of phosphoric ester groups is 2. The van der Waals surface area contributed by atoms with E-state index in [0.717, 1.165) is 0 Å². The van der Waals surface area contributed by atoms with Crippen LogP contribution in [-0.2, 0) is 32.2 Å². The predicted octanol–water partition coefficient (Wildman–Crippen LogP) is -2.64. The minimum Gasteiger partial charge on any atom is -0.388 e. The molecule has 2 saturated heterocycles. The van der Waals surface area contributed by atoms with Crippen molar-refractivity contribution in [2.45, 2.75) is 55.7 Å². The lowest BCUT2D eigenvalue weighted by Crippen LogP contribution is -2.37. The van der Waals surface area contributed by atoms with E-state index in [-0.39, 0.29) is 0 Å². The van der Waals surface area contributed by atoms with Crippen LogP contribution < -0.4 is 0 Å². The van der Waals surface area contributed by atoms with Gasteiger partial charge >= 0.3 is 15.6 Å². The third kappa shape index (κ3) is 6.28. The number of aliphatic hydroxyl groups excluding tert-OH is 3. The quantitative estimate of drug-likeness (QED) is 0.171. The topological polar surface area (TPSA) is 202 Å². The highest BCUT2D eigenvalue weighted by Crippen LogP contribution is 2.48. The number of phosphoric acid groups is 2. The molecule has 0 spiro atoms. The minimum absolute atomic E-state index is 0.664. The van der Waals surface area contributed by atoms with E-state index in [1.807, 2.05) is 0 Å². The molecule has 2 aliphatic rings. The van der Waals surface area contributed by atoms with Crippen molar-refractivity contribution in [1.29, 1.82) is 0 Å². The molecule has 3 unspecified atom stereocenters. The van der Waals surface area contributed by atoms with Gasteiger partial charge in [0.05, 0.1) is 25.4 Å². The Kier molecular flexibility index (Phi) is 7.65. The lowest BCUT2D eigenvalue weighted by molar-refractivity contribution is -0.0334. The van der Waals surface area contributed by atoms with Crippen LogP contribution in [-0.4, -0.2) is 99.8 Å². The summed E-state index contributed by atoms with van der Waals surface area (Å²) in [5.74, 6) is 0. The van der Waals surface area contributed by atoms with Crippen LogP contribution in [0.1, 0.15) is 6.92 Å². The van der Waals surface area contributed by atoms with Crippen molar-refractivity contribution in [3.05, 3.63) is 0 Å². The van der Waals surface area contributed by atoms with Gasteiger partial charge in [-0.2, -0.15) is 0 Å². The summed E-state index contributed by atoms with van der Waals surface area (Å²) in [6.45, 7) is 0.0254. The van der Waals surface area contributed by atoms with Crippen LogP contribution in [0.5, 0.6) is 0 Å². The van der Waals surface area contributed by atoms with Crippen LogP contribution >= 0.6 is 15.6 Å². The van der Waals surface area contributed by atoms with E-state index < -0.39 is 77.6 Å². The van der Waals surface area contributed by atoms with Gasteiger partial charge in [0.15, 0.2) is 0 Å². The molecule has 0 bridgehead atoms. The molecule has 0 aromatic carbocycles. The first-order valence-electron chi connectivity index (χ1n) is 7.77. The molecule has 2 fully saturated rings. The van der Waals surface area contributed by atoms with Crippen LogP contribution in [0, 0.1) is 0 Å². The molecule has 0 aromatic rings. The third-order valence-electron chi connectivity index (χ3n) is 4.04. The molecule has 2 rings (SSSR count). The van der Waals surface area contributed by atoms with Gasteiger partial charge in [0.25, 0.3) is 0 Å². The number of hydrogen-bond acceptors (Lipinski definition) is 10. The zero-order valence-electron chi connectivity index (χ0n) is 14.0. The first-order chi connectivity index (χ1) is 12.3. The van der Waals surface area contributed by atoms with E-state index in [4.69, 9.17) is 36.2 Å². The molecule has 13 nitrogen and oxygen atoms in total. The molecule has 156 valence electrons. The van der Waals surface area contributed by atoms with Crippen LogP contribution in [0.2, 0.25) is 0 Å². The Balaban J connectivity index is 1.95. The Labute approximate surface area is 155 Å². The van der Waals surface area contributed by atoms with Crippen molar-refractivity contribution in [1.82, 2.24) is 0 Å². The number of hydrogen-bond donors (Lipinski definition) is 6. The Bertz CT molecular complexity index is 601. The molecule has 0 aromatic heterocycles. The van der Waals surface area contributed by atoms with Crippen molar-refractivity contribution in [3.8, 4) is 0 Å². The van der Waals surface area contributed by atoms with E-state index >= 15 is 0 Å². The average Bonchev–Trinajstić information content (AvgIpc) is 2.95. The molecular weight excluding hydrogens is 413 g/mol. The summed E-state index contributed by atoms with van der Waals surface area (Å²) in [5, 5.41) is 29.2. The smallest absolute Gasteiger partial charge is 0.388 e. The standard InChI is InChI=1S/C11H21BO13P2/c1-4-7(13)10(6(23-4)3-21-26(16,17)18)25-27(19,20)22-2-5-8(14)9(15)11(12)24-5/h4-11,13-15H,2-3H2,1H3,(H,19,20)(H2,16,17,18)/t4-,5+,6+,7?,8-,9?,10-,11+/m0/s1. The number of rotatable bonds is 8. The van der Waals surface area contributed by atoms with Crippen molar-refractivity contribution in [2.75, 3.05) is 13.2 Å². The Morgan fingerprint density at radius 3 is 2.04 bits per heavy atom. The average molecular weight is 434 g/mol. The van der Waals surface area contributed by atoms with Crippen molar-refractivity contribution < 1.29 is 62.2 Å². The molecule has 2 heterocycles. The Hall–Kier alpha value is 0.0849. The second-order valence-corrected chi connectivity index (χ2v) is 8.76. The minimum atomic E-state index is -4.84. The Morgan fingerprint density at radius 2 is 1.52 bits per heavy atom. The maximum atomic E-state index is 12.1. The molecule has 0 amide bonds. The first kappa shape index (κ1) is 23.4. The van der Waals surface area contributed by atoms with Crippen molar-refractivity contribution in [3.63, 3.8) is 0 Å². The zero-order valence-corrected chi connectivity index (χ0v) is 15.8. The molecule has 16 heteroatoms. The Morgan fingerprint density at radius 1 is 0.926 bits per heavy atom. The van der Waals surface area contributed by atoms with E-state index in [9.17, 15) is 29.3 Å². The summed E-state index contributed by atoms with van der Waals surface area (Å²) in [7, 11) is -4.30. The number of ether oxygens (including phenoxy) is 2. The fraction of sp³-hybridized carbons (Fsp3) is 1.00. The van der Waals surface area contributed by atoms with Gasteiger partial charge in [-0.1, -0.05) is 0 Å². The van der Waals surface area contributed by atoms with Gasteiger partial charge in [0.1, 0.15) is 38.4 Å².